The smallest absolute Gasteiger partial charge is 0.303 e. The highest BCUT2D eigenvalue weighted by Gasteiger charge is 2.32. The fraction of sp³-hybridized carbons (Fsp3) is 0.333. The molecule has 0 unspecified atom stereocenters. The summed E-state index contributed by atoms with van der Waals surface area (Å²) in [5, 5.41) is 28.7. The highest BCUT2D eigenvalue weighted by Crippen LogP contribution is 2.35. The third-order valence-corrected chi connectivity index (χ3v) is 5.31. The van der Waals surface area contributed by atoms with Crippen LogP contribution in [0.5, 0.6) is 5.75 Å². The number of rotatable bonds is 11. The first-order chi connectivity index (χ1) is 14.2. The summed E-state index contributed by atoms with van der Waals surface area (Å²) in [6, 6.07) is 4.04. The molecule has 1 fully saturated rings. The van der Waals surface area contributed by atoms with Crippen LogP contribution in [0, 0.1) is 10.1 Å². The number of thioether (sulfide) groups is 1. The molecule has 1 aliphatic heterocycles. The molecule has 1 saturated heterocycles. The van der Waals surface area contributed by atoms with Crippen LogP contribution in [0.3, 0.4) is 0 Å². The number of carbonyl (C=O) groups excluding carboxylic acids is 1. The number of benzene rings is 1. The van der Waals surface area contributed by atoms with E-state index in [9.17, 15) is 24.5 Å². The number of aliphatic carboxylic acids is 2. The van der Waals surface area contributed by atoms with Crippen molar-refractivity contribution < 1.29 is 34.3 Å². The van der Waals surface area contributed by atoms with Crippen molar-refractivity contribution in [3.8, 4) is 5.75 Å². The van der Waals surface area contributed by atoms with Gasteiger partial charge in [0, 0.05) is 25.5 Å². The standard InChI is InChI=1S/C18H18N2O8S2/c21-15(22)3-1-7-19-17(25)14(30-18(19)29)10-11-9-12(5-6-13(11)20(26)27)28-8-2-4-16(23)24/h5-6,9-10H,1-4,7-8H2,(H,21,22)(H,23,24)/b14-10-. The molecule has 12 heteroatoms. The SMILES string of the molecule is O=C(O)CCCOc1ccc([N+](=O)[O-])c(/C=C2\SC(=S)N(CCCC(=O)O)C2=O)c1. The molecule has 1 amide bonds. The predicted molar refractivity (Wildman–Crippen MR) is 112 cm³/mol. The summed E-state index contributed by atoms with van der Waals surface area (Å²) in [6.07, 6.45) is 1.68. The highest BCUT2D eigenvalue weighted by atomic mass is 32.2. The molecule has 0 aliphatic carbocycles. The lowest BCUT2D eigenvalue weighted by molar-refractivity contribution is -0.385. The number of hydrogen-bond acceptors (Lipinski definition) is 8. The molecule has 1 aromatic carbocycles. The van der Waals surface area contributed by atoms with E-state index >= 15 is 0 Å². The van der Waals surface area contributed by atoms with Crippen LogP contribution < -0.4 is 4.74 Å². The Morgan fingerprint density at radius 3 is 2.53 bits per heavy atom. The lowest BCUT2D eigenvalue weighted by Gasteiger charge is -2.13. The minimum Gasteiger partial charge on any atom is -0.494 e. The van der Waals surface area contributed by atoms with Gasteiger partial charge in [0.25, 0.3) is 11.6 Å². The van der Waals surface area contributed by atoms with Gasteiger partial charge < -0.3 is 14.9 Å². The van der Waals surface area contributed by atoms with Gasteiger partial charge in [-0.25, -0.2) is 0 Å². The maximum atomic E-state index is 12.6. The molecule has 160 valence electrons. The van der Waals surface area contributed by atoms with Gasteiger partial charge in [0.1, 0.15) is 10.1 Å². The Bertz CT molecular complexity index is 915. The van der Waals surface area contributed by atoms with Gasteiger partial charge >= 0.3 is 11.9 Å². The number of carboxylic acid groups (broad SMARTS) is 2. The van der Waals surface area contributed by atoms with E-state index in [0.717, 1.165) is 11.8 Å². The van der Waals surface area contributed by atoms with Gasteiger partial charge in [0.2, 0.25) is 0 Å². The Kier molecular flexibility index (Phi) is 8.30. The molecule has 0 spiro atoms. The first kappa shape index (κ1) is 23.3. The average molecular weight is 454 g/mol. The molecular formula is C18H18N2O8S2. The van der Waals surface area contributed by atoms with Crippen LogP contribution in [0.15, 0.2) is 23.1 Å². The second-order valence-electron chi connectivity index (χ2n) is 6.15. The largest absolute Gasteiger partial charge is 0.494 e. The minimum absolute atomic E-state index is 0.0653. The molecule has 0 bridgehead atoms. The lowest BCUT2D eigenvalue weighted by atomic mass is 10.1. The van der Waals surface area contributed by atoms with Crippen LogP contribution in [-0.2, 0) is 14.4 Å². The van der Waals surface area contributed by atoms with Gasteiger partial charge in [-0.15, -0.1) is 0 Å². The topological polar surface area (TPSA) is 147 Å². The van der Waals surface area contributed by atoms with Crippen molar-refractivity contribution >= 4 is 57.9 Å². The van der Waals surface area contributed by atoms with Crippen LogP contribution in [-0.4, -0.2) is 55.4 Å². The van der Waals surface area contributed by atoms with Gasteiger partial charge in [-0.1, -0.05) is 24.0 Å². The normalized spacial score (nSPS) is 14.9. The Hall–Kier alpha value is -2.99. The summed E-state index contributed by atoms with van der Waals surface area (Å²) in [5.41, 5.74) is -0.0918. The van der Waals surface area contributed by atoms with Crippen LogP contribution in [0.25, 0.3) is 6.08 Å². The van der Waals surface area contributed by atoms with Gasteiger partial charge in [0.05, 0.1) is 22.0 Å². The van der Waals surface area contributed by atoms with E-state index in [1.165, 1.54) is 29.2 Å². The first-order valence-electron chi connectivity index (χ1n) is 8.79. The van der Waals surface area contributed by atoms with Crippen LogP contribution in [0.2, 0.25) is 0 Å². The Balaban J connectivity index is 2.18. The van der Waals surface area contributed by atoms with Gasteiger partial charge in [0.15, 0.2) is 0 Å². The molecule has 1 aromatic rings. The maximum Gasteiger partial charge on any atom is 0.303 e. The molecule has 0 radical (unpaired) electrons. The summed E-state index contributed by atoms with van der Waals surface area (Å²) in [6.45, 7) is 0.262. The second-order valence-corrected chi connectivity index (χ2v) is 7.83. The number of hydrogen-bond donors (Lipinski definition) is 2. The molecule has 0 atom stereocenters. The highest BCUT2D eigenvalue weighted by molar-refractivity contribution is 8.26. The van der Waals surface area contributed by atoms with Crippen molar-refractivity contribution in [3.63, 3.8) is 0 Å². The summed E-state index contributed by atoms with van der Waals surface area (Å²) in [5.74, 6) is -2.08. The van der Waals surface area contributed by atoms with E-state index in [0.29, 0.717) is 5.75 Å². The van der Waals surface area contributed by atoms with Crippen LogP contribution in [0.1, 0.15) is 31.2 Å². The molecule has 1 aliphatic rings. The fourth-order valence-electron chi connectivity index (χ4n) is 2.54. The fourth-order valence-corrected chi connectivity index (χ4v) is 3.84. The molecule has 30 heavy (non-hydrogen) atoms. The number of carboxylic acids is 2. The average Bonchev–Trinajstić information content (AvgIpc) is 2.92. The van der Waals surface area contributed by atoms with Crippen molar-refractivity contribution in [2.45, 2.75) is 25.7 Å². The Morgan fingerprint density at radius 1 is 1.23 bits per heavy atom. The predicted octanol–water partition coefficient (Wildman–Crippen LogP) is 2.90. The van der Waals surface area contributed by atoms with Crippen LogP contribution >= 0.6 is 24.0 Å². The quantitative estimate of drug-likeness (QED) is 0.168. The summed E-state index contributed by atoms with van der Waals surface area (Å²) in [4.78, 5) is 46.0. The second kappa shape index (κ2) is 10.7. The summed E-state index contributed by atoms with van der Waals surface area (Å²) < 4.78 is 5.69. The van der Waals surface area contributed by atoms with Crippen molar-refractivity contribution in [1.82, 2.24) is 4.90 Å². The van der Waals surface area contributed by atoms with Crippen molar-refractivity contribution in [1.29, 1.82) is 0 Å². The monoisotopic (exact) mass is 454 g/mol. The van der Waals surface area contributed by atoms with E-state index in [4.69, 9.17) is 27.2 Å². The van der Waals surface area contributed by atoms with Crippen LogP contribution in [0.4, 0.5) is 5.69 Å². The molecule has 0 aromatic heterocycles. The zero-order valence-electron chi connectivity index (χ0n) is 15.6. The molecule has 1 heterocycles. The number of nitro benzene ring substituents is 1. The molecule has 10 nitrogen and oxygen atoms in total. The number of amides is 1. The van der Waals surface area contributed by atoms with E-state index in [1.54, 1.807) is 0 Å². The van der Waals surface area contributed by atoms with E-state index < -0.39 is 22.8 Å². The van der Waals surface area contributed by atoms with E-state index in [2.05, 4.69) is 0 Å². The maximum absolute atomic E-state index is 12.6. The lowest BCUT2D eigenvalue weighted by Crippen LogP contribution is -2.29. The third-order valence-electron chi connectivity index (χ3n) is 3.93. The Labute approximate surface area is 180 Å². The van der Waals surface area contributed by atoms with Crippen molar-refractivity contribution in [2.24, 2.45) is 0 Å². The molecule has 2 N–H and O–H groups in total. The number of nitro groups is 1. The van der Waals surface area contributed by atoms with E-state index in [1.807, 2.05) is 0 Å². The zero-order valence-corrected chi connectivity index (χ0v) is 17.2. The number of ether oxygens (including phenoxy) is 1. The van der Waals surface area contributed by atoms with Crippen molar-refractivity contribution in [3.05, 3.63) is 38.8 Å². The van der Waals surface area contributed by atoms with Gasteiger partial charge in [-0.2, -0.15) is 0 Å². The first-order valence-corrected chi connectivity index (χ1v) is 10.0. The van der Waals surface area contributed by atoms with Gasteiger partial charge in [-0.3, -0.25) is 29.4 Å². The third kappa shape index (κ3) is 6.52. The molecule has 2 rings (SSSR count). The van der Waals surface area contributed by atoms with Crippen molar-refractivity contribution in [2.75, 3.05) is 13.2 Å². The molecular weight excluding hydrogens is 436 g/mol. The zero-order chi connectivity index (χ0) is 22.3. The summed E-state index contributed by atoms with van der Waals surface area (Å²) >= 11 is 6.14. The number of carbonyl (C=O) groups is 3. The minimum atomic E-state index is -0.980. The van der Waals surface area contributed by atoms with Gasteiger partial charge in [-0.05, 0) is 31.1 Å². The summed E-state index contributed by atoms with van der Waals surface area (Å²) in [7, 11) is 0. The molecule has 0 saturated carbocycles. The number of nitrogens with zero attached hydrogens (tertiary/aromatic N) is 2. The number of thiocarbonyl (C=S) groups is 1. The Morgan fingerprint density at radius 2 is 1.90 bits per heavy atom. The van der Waals surface area contributed by atoms with E-state index in [-0.39, 0.29) is 59.3 Å².